The Kier molecular flexibility index (Phi) is 5.40. The summed E-state index contributed by atoms with van der Waals surface area (Å²) >= 11 is 0. The molecule has 0 aliphatic carbocycles. The normalized spacial score (nSPS) is 10.4. The molecule has 1 aromatic carbocycles. The van der Waals surface area contributed by atoms with Crippen LogP contribution in [0.25, 0.3) is 0 Å². The second-order valence-electron chi connectivity index (χ2n) is 4.62. The van der Waals surface area contributed by atoms with Crippen LogP contribution in [-0.2, 0) is 17.8 Å². The summed E-state index contributed by atoms with van der Waals surface area (Å²) in [4.78, 5) is 16.1. The van der Waals surface area contributed by atoms with E-state index in [-0.39, 0.29) is 18.3 Å². The summed E-state index contributed by atoms with van der Waals surface area (Å²) < 4.78 is 12.8. The summed E-state index contributed by atoms with van der Waals surface area (Å²) in [6.07, 6.45) is 2.65. The van der Waals surface area contributed by atoms with Crippen molar-refractivity contribution in [1.82, 2.24) is 10.3 Å². The summed E-state index contributed by atoms with van der Waals surface area (Å²) in [7, 11) is 0. The van der Waals surface area contributed by atoms with Gasteiger partial charge in [0.2, 0.25) is 5.91 Å². The molecular formula is C16H18FN3O. The Morgan fingerprint density at radius 3 is 2.71 bits per heavy atom. The number of amides is 1. The first-order valence-corrected chi connectivity index (χ1v) is 6.88. The molecule has 0 radical (unpaired) electrons. The number of nitrogens with one attached hydrogen (secondary N) is 2. The lowest BCUT2D eigenvalue weighted by Gasteiger charge is -2.09. The molecule has 0 saturated heterocycles. The summed E-state index contributed by atoms with van der Waals surface area (Å²) in [5.41, 5.74) is 2.70. The quantitative estimate of drug-likeness (QED) is 0.858. The molecular weight excluding hydrogens is 269 g/mol. The molecule has 0 spiro atoms. The minimum atomic E-state index is -0.326. The Morgan fingerprint density at radius 1 is 1.24 bits per heavy atom. The Labute approximate surface area is 123 Å². The number of benzene rings is 1. The molecule has 0 atom stereocenters. The van der Waals surface area contributed by atoms with Crippen molar-refractivity contribution in [2.45, 2.75) is 19.9 Å². The van der Waals surface area contributed by atoms with Gasteiger partial charge in [0, 0.05) is 18.4 Å². The van der Waals surface area contributed by atoms with Crippen LogP contribution in [0, 0.1) is 5.82 Å². The van der Waals surface area contributed by atoms with E-state index >= 15 is 0 Å². The van der Waals surface area contributed by atoms with Crippen molar-refractivity contribution in [3.63, 3.8) is 0 Å². The van der Waals surface area contributed by atoms with E-state index in [0.29, 0.717) is 12.2 Å². The molecule has 0 aliphatic rings. The molecule has 0 aliphatic heterocycles. The van der Waals surface area contributed by atoms with Crippen molar-refractivity contribution in [2.75, 3.05) is 11.9 Å². The number of nitrogens with zero attached hydrogens (tertiary/aromatic N) is 1. The number of hydrogen-bond acceptors (Lipinski definition) is 3. The highest BCUT2D eigenvalue weighted by Gasteiger charge is 2.04. The molecule has 0 unspecified atom stereocenters. The monoisotopic (exact) mass is 287 g/mol. The second kappa shape index (κ2) is 7.50. The molecule has 1 aromatic heterocycles. The van der Waals surface area contributed by atoms with Crippen molar-refractivity contribution in [1.29, 1.82) is 0 Å². The molecule has 1 amide bonds. The van der Waals surface area contributed by atoms with Gasteiger partial charge >= 0.3 is 0 Å². The Morgan fingerprint density at radius 2 is 2.00 bits per heavy atom. The third-order valence-electron chi connectivity index (χ3n) is 3.07. The van der Waals surface area contributed by atoms with Crippen LogP contribution in [0.2, 0.25) is 0 Å². The van der Waals surface area contributed by atoms with E-state index in [4.69, 9.17) is 0 Å². The van der Waals surface area contributed by atoms with Crippen molar-refractivity contribution in [2.24, 2.45) is 0 Å². The minimum Gasteiger partial charge on any atom is -0.325 e. The maximum Gasteiger partial charge on any atom is 0.238 e. The molecule has 0 bridgehead atoms. The van der Waals surface area contributed by atoms with Gasteiger partial charge in [-0.3, -0.25) is 9.78 Å². The van der Waals surface area contributed by atoms with Crippen LogP contribution in [0.5, 0.6) is 0 Å². The third kappa shape index (κ3) is 4.65. The zero-order valence-corrected chi connectivity index (χ0v) is 11.9. The van der Waals surface area contributed by atoms with Gasteiger partial charge in [0.1, 0.15) is 5.82 Å². The molecule has 2 aromatic rings. The van der Waals surface area contributed by atoms with Gasteiger partial charge in [0.05, 0.1) is 12.2 Å². The van der Waals surface area contributed by atoms with Gasteiger partial charge in [-0.15, -0.1) is 0 Å². The third-order valence-corrected chi connectivity index (χ3v) is 3.07. The molecule has 1 heterocycles. The Hall–Kier alpha value is -2.27. The fourth-order valence-corrected chi connectivity index (χ4v) is 1.99. The van der Waals surface area contributed by atoms with E-state index in [0.717, 1.165) is 12.1 Å². The van der Waals surface area contributed by atoms with Crippen LogP contribution >= 0.6 is 0 Å². The van der Waals surface area contributed by atoms with E-state index in [1.807, 2.05) is 12.1 Å². The Balaban J connectivity index is 1.80. The number of halogens is 1. The largest absolute Gasteiger partial charge is 0.325 e. The molecule has 110 valence electrons. The van der Waals surface area contributed by atoms with Crippen LogP contribution in [0.1, 0.15) is 18.2 Å². The van der Waals surface area contributed by atoms with Crippen molar-refractivity contribution >= 4 is 11.6 Å². The predicted molar refractivity (Wildman–Crippen MR) is 80.4 cm³/mol. The molecule has 0 saturated carbocycles. The van der Waals surface area contributed by atoms with Crippen LogP contribution in [0.4, 0.5) is 10.1 Å². The van der Waals surface area contributed by atoms with Crippen molar-refractivity contribution in [3.8, 4) is 0 Å². The molecule has 2 rings (SSSR count). The molecule has 21 heavy (non-hydrogen) atoms. The molecule has 2 N–H and O–H groups in total. The van der Waals surface area contributed by atoms with Crippen molar-refractivity contribution in [3.05, 3.63) is 59.7 Å². The average molecular weight is 287 g/mol. The van der Waals surface area contributed by atoms with Gasteiger partial charge in [0.25, 0.3) is 0 Å². The summed E-state index contributed by atoms with van der Waals surface area (Å²) in [5.74, 6) is -0.496. The number of carbonyl (C=O) groups excluding carboxylic acids is 1. The first-order chi connectivity index (χ1) is 10.2. The number of anilines is 1. The fraction of sp³-hybridized carbons (Fsp3) is 0.250. The number of aromatic nitrogens is 1. The first-order valence-electron chi connectivity index (χ1n) is 6.88. The number of carbonyl (C=O) groups is 1. The highest BCUT2D eigenvalue weighted by atomic mass is 19.1. The zero-order valence-electron chi connectivity index (χ0n) is 11.9. The maximum atomic E-state index is 12.8. The lowest BCUT2D eigenvalue weighted by Crippen LogP contribution is -2.28. The number of pyridine rings is 1. The van der Waals surface area contributed by atoms with E-state index in [2.05, 4.69) is 22.5 Å². The number of rotatable bonds is 6. The van der Waals surface area contributed by atoms with Crippen LogP contribution < -0.4 is 10.6 Å². The first kappa shape index (κ1) is 15.1. The lowest BCUT2D eigenvalue weighted by atomic mass is 10.1. The van der Waals surface area contributed by atoms with Crippen LogP contribution in [0.15, 0.2) is 42.6 Å². The van der Waals surface area contributed by atoms with Gasteiger partial charge < -0.3 is 10.6 Å². The fourth-order valence-electron chi connectivity index (χ4n) is 1.99. The number of aryl methyl sites for hydroxylation is 1. The second-order valence-corrected chi connectivity index (χ2v) is 4.62. The van der Waals surface area contributed by atoms with Gasteiger partial charge in [-0.25, -0.2) is 4.39 Å². The standard InChI is InChI=1S/C16H18FN3O/c1-2-12-4-3-9-19-15(12)10-18-11-16(21)20-14-7-5-13(17)6-8-14/h3-9,18H,2,10-11H2,1H3,(H,20,21). The van der Waals surface area contributed by atoms with Gasteiger partial charge in [-0.05, 0) is 42.3 Å². The SMILES string of the molecule is CCc1cccnc1CNCC(=O)Nc1ccc(F)cc1. The van der Waals surface area contributed by atoms with E-state index in [1.54, 1.807) is 6.20 Å². The van der Waals surface area contributed by atoms with E-state index in [1.165, 1.54) is 29.8 Å². The van der Waals surface area contributed by atoms with Crippen LogP contribution in [0.3, 0.4) is 0 Å². The minimum absolute atomic E-state index is 0.171. The zero-order chi connectivity index (χ0) is 15.1. The topological polar surface area (TPSA) is 54.0 Å². The number of hydrogen-bond donors (Lipinski definition) is 2. The van der Waals surface area contributed by atoms with E-state index in [9.17, 15) is 9.18 Å². The summed E-state index contributed by atoms with van der Waals surface area (Å²) in [5, 5.41) is 5.75. The van der Waals surface area contributed by atoms with Gasteiger partial charge in [-0.1, -0.05) is 13.0 Å². The molecule has 5 heteroatoms. The summed E-state index contributed by atoms with van der Waals surface area (Å²) in [6, 6.07) is 9.61. The molecule has 4 nitrogen and oxygen atoms in total. The van der Waals surface area contributed by atoms with Crippen molar-refractivity contribution < 1.29 is 9.18 Å². The summed E-state index contributed by atoms with van der Waals surface area (Å²) in [6.45, 7) is 2.79. The van der Waals surface area contributed by atoms with Crippen LogP contribution in [-0.4, -0.2) is 17.4 Å². The van der Waals surface area contributed by atoms with Gasteiger partial charge in [-0.2, -0.15) is 0 Å². The maximum absolute atomic E-state index is 12.8. The highest BCUT2D eigenvalue weighted by Crippen LogP contribution is 2.08. The predicted octanol–water partition coefficient (Wildman–Crippen LogP) is 2.51. The molecule has 0 fully saturated rings. The average Bonchev–Trinajstić information content (AvgIpc) is 2.50. The smallest absolute Gasteiger partial charge is 0.238 e. The lowest BCUT2D eigenvalue weighted by molar-refractivity contribution is -0.115. The Bertz CT molecular complexity index is 599. The van der Waals surface area contributed by atoms with Gasteiger partial charge in [0.15, 0.2) is 0 Å². The highest BCUT2D eigenvalue weighted by molar-refractivity contribution is 5.92. The van der Waals surface area contributed by atoms with E-state index < -0.39 is 0 Å².